The summed E-state index contributed by atoms with van der Waals surface area (Å²) in [6.07, 6.45) is -0.646. The van der Waals surface area contributed by atoms with Crippen LogP contribution in [-0.4, -0.2) is 42.5 Å². The van der Waals surface area contributed by atoms with E-state index in [1.165, 1.54) is 0 Å². The number of nitrogens with zero attached hydrogens (tertiary/aromatic N) is 1. The van der Waals surface area contributed by atoms with E-state index in [0.29, 0.717) is 19.6 Å². The van der Waals surface area contributed by atoms with Gasteiger partial charge in [-0.3, -0.25) is 4.79 Å². The van der Waals surface area contributed by atoms with Crippen LogP contribution in [0.4, 0.5) is 0 Å². The van der Waals surface area contributed by atoms with Crippen LogP contribution in [0.2, 0.25) is 0 Å². The molecule has 0 radical (unpaired) electrons. The number of benzene rings is 2. The van der Waals surface area contributed by atoms with E-state index in [-0.39, 0.29) is 18.1 Å². The maximum atomic E-state index is 13.1. The van der Waals surface area contributed by atoms with E-state index >= 15 is 0 Å². The number of ether oxygens (including phenoxy) is 2. The van der Waals surface area contributed by atoms with Crippen LogP contribution >= 0.6 is 0 Å². The minimum atomic E-state index is -0.825. The van der Waals surface area contributed by atoms with Gasteiger partial charge in [0.25, 0.3) is 0 Å². The van der Waals surface area contributed by atoms with Crippen LogP contribution in [0.25, 0.3) is 0 Å². The smallest absolute Gasteiger partial charge is 0.225 e. The van der Waals surface area contributed by atoms with Gasteiger partial charge in [0.2, 0.25) is 5.91 Å². The number of rotatable bonds is 7. The van der Waals surface area contributed by atoms with Crippen molar-refractivity contribution in [3.05, 3.63) is 71.8 Å². The molecule has 1 N–H and O–H groups in total. The van der Waals surface area contributed by atoms with E-state index in [0.717, 1.165) is 11.1 Å². The summed E-state index contributed by atoms with van der Waals surface area (Å²) in [6.45, 7) is 3.02. The molecule has 27 heavy (non-hydrogen) atoms. The Morgan fingerprint density at radius 2 is 1.56 bits per heavy atom. The summed E-state index contributed by atoms with van der Waals surface area (Å²) in [5, 5.41) is 11.1. The van der Waals surface area contributed by atoms with Crippen molar-refractivity contribution in [2.45, 2.75) is 31.8 Å². The summed E-state index contributed by atoms with van der Waals surface area (Å²) in [5.74, 6) is -0.315. The first-order chi connectivity index (χ1) is 13.1. The number of hydrogen-bond acceptors (Lipinski definition) is 4. The molecule has 1 saturated heterocycles. The predicted octanol–water partition coefficient (Wildman–Crippen LogP) is 3.32. The Balaban J connectivity index is 1.82. The Bertz CT molecular complexity index is 716. The van der Waals surface area contributed by atoms with Gasteiger partial charge in [-0.15, -0.1) is 0 Å². The lowest BCUT2D eigenvalue weighted by molar-refractivity contribution is -0.142. The van der Waals surface area contributed by atoms with Crippen molar-refractivity contribution in [2.75, 3.05) is 20.3 Å². The monoisotopic (exact) mass is 369 g/mol. The number of aliphatic hydroxyl groups is 1. The van der Waals surface area contributed by atoms with Crippen molar-refractivity contribution in [1.29, 1.82) is 0 Å². The Kier molecular flexibility index (Phi) is 6.61. The minimum absolute atomic E-state index is 0.0436. The van der Waals surface area contributed by atoms with Gasteiger partial charge in [0.05, 0.1) is 19.3 Å². The van der Waals surface area contributed by atoms with Crippen LogP contribution < -0.4 is 0 Å². The first-order valence-electron chi connectivity index (χ1n) is 9.35. The van der Waals surface area contributed by atoms with Crippen LogP contribution in [0.3, 0.4) is 0 Å². The van der Waals surface area contributed by atoms with Gasteiger partial charge in [0, 0.05) is 19.4 Å². The molecule has 2 aromatic carbocycles. The lowest BCUT2D eigenvalue weighted by Gasteiger charge is -2.34. The number of likely N-dealkylation sites (N-methyl/N-ethyl adjacent to an activating group) is 1. The SMILES string of the molecule is C[C@H](CC1OCCO1)C(=O)N(C)[C@H](c1ccccc1)[C@H](O)c1ccccc1. The topological polar surface area (TPSA) is 59.0 Å². The van der Waals surface area contributed by atoms with Gasteiger partial charge in [-0.25, -0.2) is 0 Å². The molecule has 1 fully saturated rings. The van der Waals surface area contributed by atoms with Gasteiger partial charge in [-0.05, 0) is 11.1 Å². The van der Waals surface area contributed by atoms with Gasteiger partial charge < -0.3 is 19.5 Å². The van der Waals surface area contributed by atoms with Crippen LogP contribution in [0.5, 0.6) is 0 Å². The third-order valence-electron chi connectivity index (χ3n) is 5.00. The molecule has 5 nitrogen and oxygen atoms in total. The Morgan fingerprint density at radius 1 is 1.04 bits per heavy atom. The lowest BCUT2D eigenvalue weighted by Crippen LogP contribution is -2.39. The van der Waals surface area contributed by atoms with Crippen molar-refractivity contribution < 1.29 is 19.4 Å². The van der Waals surface area contributed by atoms with E-state index < -0.39 is 12.1 Å². The number of amides is 1. The molecule has 3 atom stereocenters. The predicted molar refractivity (Wildman–Crippen MR) is 103 cm³/mol. The van der Waals surface area contributed by atoms with Crippen molar-refractivity contribution in [3.63, 3.8) is 0 Å². The largest absolute Gasteiger partial charge is 0.386 e. The van der Waals surface area contributed by atoms with Gasteiger partial charge >= 0.3 is 0 Å². The molecule has 1 aliphatic rings. The number of hydrogen-bond donors (Lipinski definition) is 1. The summed E-state index contributed by atoms with van der Waals surface area (Å²) < 4.78 is 10.9. The number of carbonyl (C=O) groups is 1. The first-order valence-corrected chi connectivity index (χ1v) is 9.35. The quantitative estimate of drug-likeness (QED) is 0.813. The summed E-state index contributed by atoms with van der Waals surface area (Å²) in [4.78, 5) is 14.7. The van der Waals surface area contributed by atoms with Gasteiger partial charge in [0.15, 0.2) is 6.29 Å². The van der Waals surface area contributed by atoms with Crippen LogP contribution in [0.15, 0.2) is 60.7 Å². The van der Waals surface area contributed by atoms with Crippen molar-refractivity contribution in [1.82, 2.24) is 4.90 Å². The molecule has 2 aromatic rings. The maximum absolute atomic E-state index is 13.1. The van der Waals surface area contributed by atoms with Crippen LogP contribution in [0.1, 0.15) is 36.6 Å². The second-order valence-corrected chi connectivity index (χ2v) is 6.97. The molecule has 1 heterocycles. The van der Waals surface area contributed by atoms with E-state index in [2.05, 4.69) is 0 Å². The zero-order chi connectivity index (χ0) is 19.2. The molecule has 0 unspecified atom stereocenters. The Hall–Kier alpha value is -2.21. The average Bonchev–Trinajstić information content (AvgIpc) is 3.22. The zero-order valence-corrected chi connectivity index (χ0v) is 15.8. The molecule has 0 aromatic heterocycles. The van der Waals surface area contributed by atoms with Gasteiger partial charge in [-0.1, -0.05) is 67.6 Å². The highest BCUT2D eigenvalue weighted by atomic mass is 16.7. The molecule has 1 aliphatic heterocycles. The lowest BCUT2D eigenvalue weighted by atomic mass is 9.93. The van der Waals surface area contributed by atoms with Crippen LogP contribution in [-0.2, 0) is 14.3 Å². The van der Waals surface area contributed by atoms with Crippen molar-refractivity contribution in [2.24, 2.45) is 5.92 Å². The van der Waals surface area contributed by atoms with Crippen LogP contribution in [0, 0.1) is 5.92 Å². The highest BCUT2D eigenvalue weighted by Gasteiger charge is 2.33. The third kappa shape index (κ3) is 4.75. The molecule has 144 valence electrons. The van der Waals surface area contributed by atoms with Gasteiger partial charge in [-0.2, -0.15) is 0 Å². The van der Waals surface area contributed by atoms with E-state index in [1.54, 1.807) is 11.9 Å². The average molecular weight is 369 g/mol. The van der Waals surface area contributed by atoms with E-state index in [4.69, 9.17) is 9.47 Å². The molecule has 0 aliphatic carbocycles. The molecular formula is C22H27NO4. The Morgan fingerprint density at radius 3 is 2.11 bits per heavy atom. The van der Waals surface area contributed by atoms with Crippen molar-refractivity contribution in [3.8, 4) is 0 Å². The normalized spacial score (nSPS) is 18.0. The second kappa shape index (κ2) is 9.13. The Labute approximate surface area is 160 Å². The minimum Gasteiger partial charge on any atom is -0.386 e. The highest BCUT2D eigenvalue weighted by Crippen LogP contribution is 2.34. The van der Waals surface area contributed by atoms with E-state index in [9.17, 15) is 9.90 Å². The van der Waals surface area contributed by atoms with Crippen molar-refractivity contribution >= 4 is 5.91 Å². The maximum Gasteiger partial charge on any atom is 0.225 e. The summed E-state index contributed by atoms with van der Waals surface area (Å²) >= 11 is 0. The fraction of sp³-hybridized carbons (Fsp3) is 0.409. The molecule has 5 heteroatoms. The molecule has 3 rings (SSSR count). The zero-order valence-electron chi connectivity index (χ0n) is 15.8. The molecule has 0 bridgehead atoms. The fourth-order valence-electron chi connectivity index (χ4n) is 3.52. The number of aliphatic hydroxyl groups excluding tert-OH is 1. The van der Waals surface area contributed by atoms with E-state index in [1.807, 2.05) is 67.6 Å². The second-order valence-electron chi connectivity index (χ2n) is 6.97. The summed E-state index contributed by atoms with van der Waals surface area (Å²) in [5.41, 5.74) is 1.67. The van der Waals surface area contributed by atoms with Gasteiger partial charge in [0.1, 0.15) is 6.10 Å². The molecule has 0 saturated carbocycles. The molecule has 0 spiro atoms. The molecule has 1 amide bonds. The third-order valence-corrected chi connectivity index (χ3v) is 5.00. The fourth-order valence-corrected chi connectivity index (χ4v) is 3.52. The highest BCUT2D eigenvalue weighted by molar-refractivity contribution is 5.78. The number of carbonyl (C=O) groups excluding carboxylic acids is 1. The first kappa shape index (κ1) is 19.5. The summed E-state index contributed by atoms with van der Waals surface area (Å²) in [6, 6.07) is 18.6. The standard InChI is InChI=1S/C22H27NO4/c1-16(15-19-26-13-14-27-19)22(25)23(2)20(17-9-5-3-6-10-17)21(24)18-11-7-4-8-12-18/h3-12,16,19-21,24H,13-15H2,1-2H3/t16-,20-,21-/m1/s1. The molecular weight excluding hydrogens is 342 g/mol. The summed E-state index contributed by atoms with van der Waals surface area (Å²) in [7, 11) is 1.75.